The van der Waals surface area contributed by atoms with Gasteiger partial charge in [0.2, 0.25) is 0 Å². The van der Waals surface area contributed by atoms with Gasteiger partial charge >= 0.3 is 41.9 Å². The summed E-state index contributed by atoms with van der Waals surface area (Å²) in [4.78, 5) is 0. The molecule has 0 aromatic carbocycles. The summed E-state index contributed by atoms with van der Waals surface area (Å²) < 4.78 is 6.48. The average Bonchev–Trinajstić information content (AvgIpc) is 1.76. The molecule has 5 heavy (non-hydrogen) atoms. The average molecular weight is 186 g/mol. The molecule has 0 bridgehead atoms. The summed E-state index contributed by atoms with van der Waals surface area (Å²) in [5.74, 6) is 0. The van der Waals surface area contributed by atoms with Gasteiger partial charge in [-0.2, -0.15) is 0 Å². The molecular weight excluding hydrogens is 180 g/mol. The van der Waals surface area contributed by atoms with Crippen molar-refractivity contribution in [1.82, 2.24) is 0 Å². The van der Waals surface area contributed by atoms with E-state index in [1.807, 2.05) is 0 Å². The van der Waals surface area contributed by atoms with E-state index in [1.165, 1.54) is 10.9 Å². The van der Waals surface area contributed by atoms with E-state index in [-0.39, 0.29) is 21.3 Å². The zero-order valence-electron chi connectivity index (χ0n) is 2.94. The minimum atomic E-state index is 0.104. The third-order valence-electron chi connectivity index (χ3n) is 0.539. The molecule has 0 aromatic rings. The van der Waals surface area contributed by atoms with Crippen molar-refractivity contribution in [2.75, 3.05) is 6.61 Å². The fourth-order valence-corrected chi connectivity index (χ4v) is 1.98. The third-order valence-corrected chi connectivity index (χ3v) is 2.79. The van der Waals surface area contributed by atoms with Gasteiger partial charge < -0.3 is 0 Å². The Kier molecular flexibility index (Phi) is 1.59. The molecule has 1 fully saturated rings. The molecule has 0 saturated carbocycles. The Morgan fingerprint density at radius 3 is 2.80 bits per heavy atom. The molecule has 0 unspecified atom stereocenters. The molecule has 0 spiro atoms. The van der Waals surface area contributed by atoms with Gasteiger partial charge in [0.15, 0.2) is 0 Å². The van der Waals surface area contributed by atoms with Crippen molar-refractivity contribution in [1.29, 1.82) is 0 Å². The number of hydrogen-bond acceptors (Lipinski definition) is 1. The molecule has 0 atom stereocenters. The van der Waals surface area contributed by atoms with E-state index in [9.17, 15) is 0 Å². The van der Waals surface area contributed by atoms with Crippen LogP contribution < -0.4 is 0 Å². The fraction of sp³-hybridized carbons (Fsp3) is 1.00. The zero-order valence-corrected chi connectivity index (χ0v) is 5.27. The molecule has 1 nitrogen and oxygen atoms in total. The number of rotatable bonds is 0. The standard InChI is InChI=1S/C3H6OTe/c1-2-4-5-3-1/h1-3H2. The third kappa shape index (κ3) is 1.09. The van der Waals surface area contributed by atoms with Crippen molar-refractivity contribution in [3.8, 4) is 0 Å². The molecule has 1 saturated heterocycles. The van der Waals surface area contributed by atoms with Gasteiger partial charge in [-0.25, -0.2) is 0 Å². The molecule has 1 heterocycles. The van der Waals surface area contributed by atoms with E-state index >= 15 is 0 Å². The summed E-state index contributed by atoms with van der Waals surface area (Å²) in [6, 6.07) is 0. The fourth-order valence-electron chi connectivity index (χ4n) is 0.295. The Balaban J connectivity index is 2.08. The van der Waals surface area contributed by atoms with Crippen LogP contribution in [-0.4, -0.2) is 27.9 Å². The minimum absolute atomic E-state index is 0.104. The van der Waals surface area contributed by atoms with Crippen molar-refractivity contribution >= 4 is 21.3 Å². The molecule has 1 rings (SSSR count). The van der Waals surface area contributed by atoms with Gasteiger partial charge in [0.1, 0.15) is 0 Å². The van der Waals surface area contributed by atoms with Crippen molar-refractivity contribution in [2.45, 2.75) is 10.9 Å². The normalized spacial score (nSPS) is 24.0. The Hall–Kier alpha value is 0.750. The van der Waals surface area contributed by atoms with Crippen LogP contribution in [0, 0.1) is 0 Å². The van der Waals surface area contributed by atoms with E-state index in [2.05, 4.69) is 0 Å². The van der Waals surface area contributed by atoms with Crippen molar-refractivity contribution in [3.05, 3.63) is 0 Å². The van der Waals surface area contributed by atoms with E-state index in [0.29, 0.717) is 0 Å². The van der Waals surface area contributed by atoms with Gasteiger partial charge in [-0.1, -0.05) is 0 Å². The zero-order chi connectivity index (χ0) is 3.54. The summed E-state index contributed by atoms with van der Waals surface area (Å²) in [7, 11) is 0. The van der Waals surface area contributed by atoms with Crippen molar-refractivity contribution < 1.29 is 3.10 Å². The molecule has 0 N–H and O–H groups in total. The van der Waals surface area contributed by atoms with Gasteiger partial charge in [0, 0.05) is 0 Å². The van der Waals surface area contributed by atoms with E-state index in [4.69, 9.17) is 3.10 Å². The Morgan fingerprint density at radius 2 is 2.60 bits per heavy atom. The summed E-state index contributed by atoms with van der Waals surface area (Å²) >= 11 is 0.104. The summed E-state index contributed by atoms with van der Waals surface area (Å²) in [6.07, 6.45) is 1.34. The van der Waals surface area contributed by atoms with E-state index < -0.39 is 0 Å². The number of hydrogen-bond donors (Lipinski definition) is 0. The van der Waals surface area contributed by atoms with Crippen LogP contribution >= 0.6 is 0 Å². The maximum absolute atomic E-state index is 5.07. The second kappa shape index (κ2) is 2.02. The SMILES string of the molecule is C1CO[Te]C1. The predicted molar refractivity (Wildman–Crippen MR) is 21.1 cm³/mol. The van der Waals surface area contributed by atoms with Gasteiger partial charge in [0.25, 0.3) is 0 Å². The molecular formula is C3H6OTe. The van der Waals surface area contributed by atoms with Crippen LogP contribution in [0.5, 0.6) is 0 Å². The van der Waals surface area contributed by atoms with Gasteiger partial charge in [0.05, 0.1) is 0 Å². The van der Waals surface area contributed by atoms with Gasteiger partial charge in [-0.05, 0) is 0 Å². The summed E-state index contributed by atoms with van der Waals surface area (Å²) in [5.41, 5.74) is 0. The molecule has 0 aliphatic carbocycles. The first-order valence-corrected chi connectivity index (χ1v) is 4.34. The van der Waals surface area contributed by atoms with Crippen LogP contribution in [0.15, 0.2) is 0 Å². The second-order valence-corrected chi connectivity index (χ2v) is 3.51. The molecule has 0 amide bonds. The molecule has 0 radical (unpaired) electrons. The van der Waals surface area contributed by atoms with Crippen LogP contribution in [0.4, 0.5) is 0 Å². The first-order chi connectivity index (χ1) is 2.50. The van der Waals surface area contributed by atoms with Crippen LogP contribution in [-0.2, 0) is 3.10 Å². The van der Waals surface area contributed by atoms with Gasteiger partial charge in [-0.15, -0.1) is 0 Å². The van der Waals surface area contributed by atoms with Crippen molar-refractivity contribution in [2.24, 2.45) is 0 Å². The van der Waals surface area contributed by atoms with Crippen LogP contribution in [0.2, 0.25) is 4.47 Å². The topological polar surface area (TPSA) is 9.23 Å². The monoisotopic (exact) mass is 188 g/mol. The summed E-state index contributed by atoms with van der Waals surface area (Å²) in [5, 5.41) is 0. The van der Waals surface area contributed by atoms with Crippen molar-refractivity contribution in [3.63, 3.8) is 0 Å². The second-order valence-electron chi connectivity index (χ2n) is 0.998. The van der Waals surface area contributed by atoms with E-state index in [0.717, 1.165) is 6.61 Å². The molecule has 1 aliphatic rings. The molecule has 2 heteroatoms. The van der Waals surface area contributed by atoms with Crippen LogP contribution in [0.3, 0.4) is 0 Å². The van der Waals surface area contributed by atoms with E-state index in [1.54, 1.807) is 0 Å². The van der Waals surface area contributed by atoms with Crippen LogP contribution in [0.25, 0.3) is 0 Å². The first kappa shape index (κ1) is 3.92. The van der Waals surface area contributed by atoms with Gasteiger partial charge in [-0.3, -0.25) is 0 Å². The maximum atomic E-state index is 5.07. The first-order valence-electron chi connectivity index (χ1n) is 1.74. The predicted octanol–water partition coefficient (Wildman–Crippen LogP) is 0.444. The Bertz CT molecular complexity index is 18.5. The Morgan fingerprint density at radius 1 is 1.60 bits per heavy atom. The molecule has 30 valence electrons. The summed E-state index contributed by atoms with van der Waals surface area (Å²) in [6.45, 7) is 1.06. The molecule has 0 aromatic heterocycles. The molecule has 1 aliphatic heterocycles. The van der Waals surface area contributed by atoms with Crippen LogP contribution in [0.1, 0.15) is 6.42 Å². The quantitative estimate of drug-likeness (QED) is 0.498. The Labute approximate surface area is 42.3 Å².